The Bertz CT molecular complexity index is 596. The van der Waals surface area contributed by atoms with E-state index in [1.807, 2.05) is 38.2 Å². The standard InChI is InChI=1S/C16H22N4O/c1-5-6-14-19-15(17-3)11(2)16(20-14)18-12-7-9-13(21-4)10-8-12/h7-10H,5-6H2,1-4H3,(H2,17,18,19,20). The van der Waals surface area contributed by atoms with Gasteiger partial charge in [0, 0.05) is 24.7 Å². The molecule has 1 aromatic heterocycles. The summed E-state index contributed by atoms with van der Waals surface area (Å²) in [5, 5.41) is 6.48. The first-order valence-corrected chi connectivity index (χ1v) is 7.14. The lowest BCUT2D eigenvalue weighted by molar-refractivity contribution is 0.415. The maximum absolute atomic E-state index is 5.17. The number of rotatable bonds is 6. The number of ether oxygens (including phenoxy) is 1. The van der Waals surface area contributed by atoms with Crippen molar-refractivity contribution >= 4 is 17.3 Å². The van der Waals surface area contributed by atoms with Crippen molar-refractivity contribution in [1.29, 1.82) is 0 Å². The van der Waals surface area contributed by atoms with Gasteiger partial charge in [-0.1, -0.05) is 6.92 Å². The van der Waals surface area contributed by atoms with Crippen LogP contribution in [0.15, 0.2) is 24.3 Å². The molecule has 0 spiro atoms. The summed E-state index contributed by atoms with van der Waals surface area (Å²) in [5.74, 6) is 3.39. The second kappa shape index (κ2) is 6.92. The van der Waals surface area contributed by atoms with Gasteiger partial charge in [0.25, 0.3) is 0 Å². The summed E-state index contributed by atoms with van der Waals surface area (Å²) in [6.45, 7) is 4.13. The highest BCUT2D eigenvalue weighted by molar-refractivity contribution is 5.65. The Balaban J connectivity index is 2.30. The molecule has 21 heavy (non-hydrogen) atoms. The number of methoxy groups -OCH3 is 1. The van der Waals surface area contributed by atoms with Crippen LogP contribution in [0.3, 0.4) is 0 Å². The predicted octanol–water partition coefficient (Wildman–Crippen LogP) is 3.53. The molecule has 0 aliphatic carbocycles. The zero-order valence-electron chi connectivity index (χ0n) is 13.0. The molecule has 5 heteroatoms. The fraction of sp³-hybridized carbons (Fsp3) is 0.375. The van der Waals surface area contributed by atoms with Crippen molar-refractivity contribution in [3.05, 3.63) is 35.7 Å². The van der Waals surface area contributed by atoms with E-state index in [0.29, 0.717) is 0 Å². The van der Waals surface area contributed by atoms with Crippen LogP contribution < -0.4 is 15.4 Å². The summed E-state index contributed by atoms with van der Waals surface area (Å²) in [4.78, 5) is 9.14. The summed E-state index contributed by atoms with van der Waals surface area (Å²) in [6.07, 6.45) is 1.89. The van der Waals surface area contributed by atoms with Crippen molar-refractivity contribution in [2.45, 2.75) is 26.7 Å². The van der Waals surface area contributed by atoms with Crippen LogP contribution in [-0.2, 0) is 6.42 Å². The minimum atomic E-state index is 0.836. The molecule has 0 unspecified atom stereocenters. The zero-order chi connectivity index (χ0) is 15.2. The molecule has 0 bridgehead atoms. The van der Waals surface area contributed by atoms with Crippen LogP contribution in [-0.4, -0.2) is 24.1 Å². The Kier molecular flexibility index (Phi) is 4.98. The first kappa shape index (κ1) is 15.1. The molecule has 0 fully saturated rings. The number of hydrogen-bond acceptors (Lipinski definition) is 5. The highest BCUT2D eigenvalue weighted by atomic mass is 16.5. The van der Waals surface area contributed by atoms with Crippen molar-refractivity contribution < 1.29 is 4.74 Å². The Morgan fingerprint density at radius 3 is 2.33 bits per heavy atom. The highest BCUT2D eigenvalue weighted by Crippen LogP contribution is 2.24. The molecule has 0 aliphatic rings. The second-order valence-corrected chi connectivity index (χ2v) is 4.82. The van der Waals surface area contributed by atoms with Crippen LogP contribution >= 0.6 is 0 Å². The Labute approximate surface area is 125 Å². The van der Waals surface area contributed by atoms with Crippen LogP contribution in [0.5, 0.6) is 5.75 Å². The van der Waals surface area contributed by atoms with E-state index < -0.39 is 0 Å². The first-order valence-electron chi connectivity index (χ1n) is 7.14. The van der Waals surface area contributed by atoms with Gasteiger partial charge in [0.05, 0.1) is 7.11 Å². The number of aromatic nitrogens is 2. The van der Waals surface area contributed by atoms with E-state index in [1.54, 1.807) is 7.11 Å². The normalized spacial score (nSPS) is 10.3. The number of aryl methyl sites for hydroxylation is 1. The van der Waals surface area contributed by atoms with Gasteiger partial charge in [-0.05, 0) is 37.6 Å². The van der Waals surface area contributed by atoms with Gasteiger partial charge < -0.3 is 15.4 Å². The molecule has 2 aromatic rings. The lowest BCUT2D eigenvalue weighted by Crippen LogP contribution is -2.07. The number of nitrogens with one attached hydrogen (secondary N) is 2. The molecule has 0 saturated heterocycles. The lowest BCUT2D eigenvalue weighted by Gasteiger charge is -2.14. The third kappa shape index (κ3) is 3.62. The molecular weight excluding hydrogens is 264 g/mol. The van der Waals surface area contributed by atoms with E-state index >= 15 is 0 Å². The molecule has 2 rings (SSSR count). The molecule has 0 atom stereocenters. The van der Waals surface area contributed by atoms with Crippen molar-refractivity contribution in [3.8, 4) is 5.75 Å². The van der Waals surface area contributed by atoms with E-state index in [1.165, 1.54) is 0 Å². The Hall–Kier alpha value is -2.30. The molecule has 1 heterocycles. The van der Waals surface area contributed by atoms with E-state index in [4.69, 9.17) is 4.74 Å². The minimum absolute atomic E-state index is 0.836. The fourth-order valence-corrected chi connectivity index (χ4v) is 2.07. The summed E-state index contributed by atoms with van der Waals surface area (Å²) < 4.78 is 5.17. The van der Waals surface area contributed by atoms with Gasteiger partial charge in [0.2, 0.25) is 0 Å². The van der Waals surface area contributed by atoms with E-state index in [2.05, 4.69) is 27.5 Å². The van der Waals surface area contributed by atoms with Gasteiger partial charge in [-0.3, -0.25) is 0 Å². The van der Waals surface area contributed by atoms with Crippen LogP contribution in [0.25, 0.3) is 0 Å². The topological polar surface area (TPSA) is 59.1 Å². The van der Waals surface area contributed by atoms with Crippen LogP contribution in [0, 0.1) is 6.92 Å². The summed E-state index contributed by atoms with van der Waals surface area (Å²) >= 11 is 0. The summed E-state index contributed by atoms with van der Waals surface area (Å²) in [5.41, 5.74) is 1.98. The van der Waals surface area contributed by atoms with Gasteiger partial charge in [-0.25, -0.2) is 9.97 Å². The van der Waals surface area contributed by atoms with E-state index in [9.17, 15) is 0 Å². The number of benzene rings is 1. The van der Waals surface area contributed by atoms with Crippen molar-refractivity contribution in [2.75, 3.05) is 24.8 Å². The minimum Gasteiger partial charge on any atom is -0.497 e. The van der Waals surface area contributed by atoms with Gasteiger partial charge in [0.1, 0.15) is 23.2 Å². The van der Waals surface area contributed by atoms with E-state index in [-0.39, 0.29) is 0 Å². The average molecular weight is 286 g/mol. The molecule has 2 N–H and O–H groups in total. The SMILES string of the molecule is CCCc1nc(NC)c(C)c(Nc2ccc(OC)cc2)n1. The quantitative estimate of drug-likeness (QED) is 0.850. The zero-order valence-corrected chi connectivity index (χ0v) is 13.0. The van der Waals surface area contributed by atoms with E-state index in [0.717, 1.165) is 47.3 Å². The monoisotopic (exact) mass is 286 g/mol. The van der Waals surface area contributed by atoms with Gasteiger partial charge in [0.15, 0.2) is 0 Å². The molecule has 0 radical (unpaired) electrons. The van der Waals surface area contributed by atoms with Crippen LogP contribution in [0.2, 0.25) is 0 Å². The molecule has 112 valence electrons. The average Bonchev–Trinajstić information content (AvgIpc) is 2.51. The summed E-state index contributed by atoms with van der Waals surface area (Å²) in [7, 11) is 3.54. The smallest absolute Gasteiger partial charge is 0.139 e. The largest absolute Gasteiger partial charge is 0.497 e. The lowest BCUT2D eigenvalue weighted by atomic mass is 10.2. The molecule has 0 amide bonds. The number of anilines is 3. The van der Waals surface area contributed by atoms with Crippen molar-refractivity contribution in [2.24, 2.45) is 0 Å². The molecule has 0 aliphatic heterocycles. The molecule has 1 aromatic carbocycles. The predicted molar refractivity (Wildman–Crippen MR) is 86.6 cm³/mol. The maximum Gasteiger partial charge on any atom is 0.139 e. The van der Waals surface area contributed by atoms with Gasteiger partial charge in [-0.2, -0.15) is 0 Å². The van der Waals surface area contributed by atoms with Crippen LogP contribution in [0.1, 0.15) is 24.7 Å². The molecule has 5 nitrogen and oxygen atoms in total. The third-order valence-corrected chi connectivity index (χ3v) is 3.26. The number of hydrogen-bond donors (Lipinski definition) is 2. The van der Waals surface area contributed by atoms with Gasteiger partial charge >= 0.3 is 0 Å². The Morgan fingerprint density at radius 2 is 1.76 bits per heavy atom. The van der Waals surface area contributed by atoms with Gasteiger partial charge in [-0.15, -0.1) is 0 Å². The number of nitrogens with zero attached hydrogens (tertiary/aromatic N) is 2. The third-order valence-electron chi connectivity index (χ3n) is 3.26. The Morgan fingerprint density at radius 1 is 1.10 bits per heavy atom. The molecular formula is C16H22N4O. The van der Waals surface area contributed by atoms with Crippen LogP contribution in [0.4, 0.5) is 17.3 Å². The first-order chi connectivity index (χ1) is 10.2. The highest BCUT2D eigenvalue weighted by Gasteiger charge is 2.10. The van der Waals surface area contributed by atoms with Crippen molar-refractivity contribution in [1.82, 2.24) is 9.97 Å². The second-order valence-electron chi connectivity index (χ2n) is 4.82. The molecule has 0 saturated carbocycles. The summed E-state index contributed by atoms with van der Waals surface area (Å²) in [6, 6.07) is 7.79. The maximum atomic E-state index is 5.17. The van der Waals surface area contributed by atoms with Crippen molar-refractivity contribution in [3.63, 3.8) is 0 Å². The fourth-order valence-electron chi connectivity index (χ4n) is 2.07.